The zero-order valence-corrected chi connectivity index (χ0v) is 55.1. The summed E-state index contributed by atoms with van der Waals surface area (Å²) >= 11 is 0. The van der Waals surface area contributed by atoms with E-state index in [9.17, 15) is 14.4 Å². The maximum Gasteiger partial charge on any atom is 0.306 e. The fourth-order valence-corrected chi connectivity index (χ4v) is 11.4. The molecule has 0 radical (unpaired) electrons. The van der Waals surface area contributed by atoms with Crippen molar-refractivity contribution >= 4 is 17.9 Å². The van der Waals surface area contributed by atoms with E-state index in [1.54, 1.807) is 0 Å². The Labute approximate surface area is 506 Å². The van der Waals surface area contributed by atoms with Crippen LogP contribution in [-0.2, 0) is 28.6 Å². The molecule has 0 saturated heterocycles. The van der Waals surface area contributed by atoms with Gasteiger partial charge in [0, 0.05) is 19.3 Å². The van der Waals surface area contributed by atoms with Crippen molar-refractivity contribution in [2.75, 3.05) is 13.2 Å². The lowest BCUT2D eigenvalue weighted by Gasteiger charge is -2.18. The van der Waals surface area contributed by atoms with Crippen LogP contribution in [0, 0.1) is 0 Å². The van der Waals surface area contributed by atoms with E-state index in [0.29, 0.717) is 19.3 Å². The summed E-state index contributed by atoms with van der Waals surface area (Å²) in [5.41, 5.74) is 0. The third-order valence-corrected chi connectivity index (χ3v) is 17.0. The number of allylic oxidation sites excluding steroid dienone is 4. The Bertz CT molecular complexity index is 1310. The minimum atomic E-state index is -0.772. The average molecular weight is 1140 g/mol. The zero-order valence-electron chi connectivity index (χ0n) is 55.1. The second-order valence-corrected chi connectivity index (χ2v) is 25.2. The summed E-state index contributed by atoms with van der Waals surface area (Å²) in [6, 6.07) is 0. The predicted octanol–water partition coefficient (Wildman–Crippen LogP) is 25.3. The molecule has 6 nitrogen and oxygen atoms in total. The van der Waals surface area contributed by atoms with Gasteiger partial charge in [-0.25, -0.2) is 0 Å². The third kappa shape index (κ3) is 68.6. The molecule has 0 aliphatic carbocycles. The smallest absolute Gasteiger partial charge is 0.306 e. The van der Waals surface area contributed by atoms with Crippen molar-refractivity contribution < 1.29 is 28.6 Å². The highest BCUT2D eigenvalue weighted by Gasteiger charge is 2.20. The second-order valence-electron chi connectivity index (χ2n) is 25.2. The number of carbonyl (C=O) groups is 3. The molecule has 0 aromatic heterocycles. The first-order chi connectivity index (χ1) is 40.0. The molecule has 0 rings (SSSR count). The Balaban J connectivity index is 4.11. The van der Waals surface area contributed by atoms with Crippen molar-refractivity contribution in [2.24, 2.45) is 0 Å². The van der Waals surface area contributed by atoms with E-state index in [2.05, 4.69) is 45.1 Å². The number of hydrogen-bond acceptors (Lipinski definition) is 6. The van der Waals surface area contributed by atoms with Crippen molar-refractivity contribution in [3.8, 4) is 0 Å². The van der Waals surface area contributed by atoms with E-state index >= 15 is 0 Å². The van der Waals surface area contributed by atoms with Crippen LogP contribution in [0.5, 0.6) is 0 Å². The normalized spacial score (nSPS) is 12.1. The number of unbranched alkanes of at least 4 members (excludes halogenated alkanes) is 54. The molecule has 0 aromatic carbocycles. The summed E-state index contributed by atoms with van der Waals surface area (Å²) in [5, 5.41) is 0. The SMILES string of the molecule is CCCCC/C=C\C/C=C\CCCCCCCCCC(=O)OC(COC(=O)CCCCCCCCCCCCCCCC)COC(=O)CCCCCCCCCCCCCCCCCCCCCCCCCCCCCCCCCC. The lowest BCUT2D eigenvalue weighted by atomic mass is 10.0. The molecule has 0 aliphatic rings. The minimum absolute atomic E-state index is 0.0682. The molecular formula is C75H142O6. The lowest BCUT2D eigenvalue weighted by Crippen LogP contribution is -2.30. The Morgan fingerprint density at radius 1 is 0.247 bits per heavy atom. The first-order valence-corrected chi connectivity index (χ1v) is 36.8. The fourth-order valence-electron chi connectivity index (χ4n) is 11.4. The molecular weight excluding hydrogens is 997 g/mol. The summed E-state index contributed by atoms with van der Waals surface area (Å²) in [4.78, 5) is 38.4. The van der Waals surface area contributed by atoms with Gasteiger partial charge in [0.15, 0.2) is 6.10 Å². The molecule has 0 N–H and O–H groups in total. The van der Waals surface area contributed by atoms with Crippen molar-refractivity contribution in [3.63, 3.8) is 0 Å². The van der Waals surface area contributed by atoms with Crippen LogP contribution in [0.2, 0.25) is 0 Å². The number of rotatable bonds is 69. The van der Waals surface area contributed by atoms with Crippen molar-refractivity contribution in [2.45, 2.75) is 425 Å². The van der Waals surface area contributed by atoms with Crippen LogP contribution in [-0.4, -0.2) is 37.2 Å². The van der Waals surface area contributed by atoms with Crippen LogP contribution in [0.4, 0.5) is 0 Å². The predicted molar refractivity (Wildman–Crippen MR) is 353 cm³/mol. The van der Waals surface area contributed by atoms with E-state index in [1.807, 2.05) is 0 Å². The minimum Gasteiger partial charge on any atom is -0.462 e. The molecule has 478 valence electrons. The maximum absolute atomic E-state index is 12.9. The monoisotopic (exact) mass is 1140 g/mol. The molecule has 1 atom stereocenters. The third-order valence-electron chi connectivity index (χ3n) is 17.0. The van der Waals surface area contributed by atoms with Gasteiger partial charge in [0.05, 0.1) is 0 Å². The standard InChI is InChI=1S/C75H142O6/c1-4-7-10-13-16-19-22-25-28-30-31-32-33-34-35-36-37-38-39-40-41-42-43-44-46-47-50-53-56-59-62-65-68-74(77)80-71-72(70-79-73(76)67-64-61-58-55-52-49-27-24-21-18-15-12-9-6-3)81-75(78)69-66-63-60-57-54-51-48-45-29-26-23-20-17-14-11-8-5-2/h17,20,26,29,72H,4-16,18-19,21-25,27-28,30-71H2,1-3H3/b20-17-,29-26-. The van der Waals surface area contributed by atoms with Crippen LogP contribution in [0.25, 0.3) is 0 Å². The topological polar surface area (TPSA) is 78.9 Å². The highest BCUT2D eigenvalue weighted by atomic mass is 16.6. The molecule has 81 heavy (non-hydrogen) atoms. The highest BCUT2D eigenvalue weighted by molar-refractivity contribution is 5.71. The summed E-state index contributed by atoms with van der Waals surface area (Å²) in [6.07, 6.45) is 86.6. The molecule has 0 aliphatic heterocycles. The van der Waals surface area contributed by atoms with E-state index < -0.39 is 6.10 Å². The quantitative estimate of drug-likeness (QED) is 0.0261. The molecule has 0 spiro atoms. The average Bonchev–Trinajstić information content (AvgIpc) is 3.47. The van der Waals surface area contributed by atoms with Gasteiger partial charge in [-0.05, 0) is 51.4 Å². The summed E-state index contributed by atoms with van der Waals surface area (Å²) in [6.45, 7) is 6.69. The van der Waals surface area contributed by atoms with Crippen molar-refractivity contribution in [1.29, 1.82) is 0 Å². The van der Waals surface area contributed by atoms with Gasteiger partial charge < -0.3 is 14.2 Å². The van der Waals surface area contributed by atoms with Crippen LogP contribution >= 0.6 is 0 Å². The number of ether oxygens (including phenoxy) is 3. The molecule has 0 heterocycles. The maximum atomic E-state index is 12.9. The zero-order chi connectivity index (χ0) is 58.5. The van der Waals surface area contributed by atoms with E-state index in [4.69, 9.17) is 14.2 Å². The molecule has 0 saturated carbocycles. The van der Waals surface area contributed by atoms with Crippen molar-refractivity contribution in [3.05, 3.63) is 24.3 Å². The number of esters is 3. The first-order valence-electron chi connectivity index (χ1n) is 36.8. The Hall–Kier alpha value is -2.11. The molecule has 0 bridgehead atoms. The van der Waals surface area contributed by atoms with E-state index in [0.717, 1.165) is 70.6 Å². The second kappa shape index (κ2) is 70.4. The molecule has 0 amide bonds. The van der Waals surface area contributed by atoms with Crippen LogP contribution in [0.15, 0.2) is 24.3 Å². The van der Waals surface area contributed by atoms with Gasteiger partial charge in [-0.1, -0.05) is 373 Å². The first kappa shape index (κ1) is 78.9. The summed E-state index contributed by atoms with van der Waals surface area (Å²) in [7, 11) is 0. The van der Waals surface area contributed by atoms with Crippen LogP contribution in [0.3, 0.4) is 0 Å². The van der Waals surface area contributed by atoms with Gasteiger partial charge in [-0.3, -0.25) is 14.4 Å². The van der Waals surface area contributed by atoms with Gasteiger partial charge in [0.2, 0.25) is 0 Å². The van der Waals surface area contributed by atoms with Gasteiger partial charge in [0.25, 0.3) is 0 Å². The molecule has 0 fully saturated rings. The number of carbonyl (C=O) groups excluding carboxylic acids is 3. The Kier molecular flexibility index (Phi) is 68.5. The summed E-state index contributed by atoms with van der Waals surface area (Å²) < 4.78 is 17.0. The largest absolute Gasteiger partial charge is 0.462 e. The highest BCUT2D eigenvalue weighted by Crippen LogP contribution is 2.19. The van der Waals surface area contributed by atoms with Crippen LogP contribution in [0.1, 0.15) is 419 Å². The van der Waals surface area contributed by atoms with Gasteiger partial charge in [-0.15, -0.1) is 0 Å². The van der Waals surface area contributed by atoms with Gasteiger partial charge in [0.1, 0.15) is 13.2 Å². The van der Waals surface area contributed by atoms with E-state index in [-0.39, 0.29) is 31.1 Å². The lowest BCUT2D eigenvalue weighted by molar-refractivity contribution is -0.167. The fraction of sp³-hybridized carbons (Fsp3) is 0.907. The van der Waals surface area contributed by atoms with Gasteiger partial charge >= 0.3 is 17.9 Å². The Morgan fingerprint density at radius 3 is 0.704 bits per heavy atom. The molecule has 0 aromatic rings. The Morgan fingerprint density at radius 2 is 0.444 bits per heavy atom. The molecule has 1 unspecified atom stereocenters. The summed E-state index contributed by atoms with van der Waals surface area (Å²) in [5.74, 6) is -0.844. The van der Waals surface area contributed by atoms with E-state index in [1.165, 1.54) is 308 Å². The molecule has 6 heteroatoms. The number of hydrogen-bond donors (Lipinski definition) is 0. The van der Waals surface area contributed by atoms with Gasteiger partial charge in [-0.2, -0.15) is 0 Å². The van der Waals surface area contributed by atoms with Crippen LogP contribution < -0.4 is 0 Å². The van der Waals surface area contributed by atoms with Crippen molar-refractivity contribution in [1.82, 2.24) is 0 Å².